The number of hydrogen-bond acceptors (Lipinski definition) is 2. The van der Waals surface area contributed by atoms with E-state index in [-0.39, 0.29) is 16.0 Å². The summed E-state index contributed by atoms with van der Waals surface area (Å²) in [6.45, 7) is 1.62. The number of H-pyrrole nitrogens is 1. The molecule has 0 unspecified atom stereocenters. The highest BCUT2D eigenvalue weighted by Crippen LogP contribution is 2.25. The molecule has 2 heterocycles. The molecule has 0 amide bonds. The van der Waals surface area contributed by atoms with E-state index in [0.717, 1.165) is 0 Å². The summed E-state index contributed by atoms with van der Waals surface area (Å²) in [6.07, 6.45) is 0. The van der Waals surface area contributed by atoms with E-state index in [9.17, 15) is 13.2 Å². The Hall–Kier alpha value is -1.43. The average molecular weight is 230 g/mol. The number of hydrogen-bond donors (Lipinski definition) is 1. The number of nitrogens with zero attached hydrogens (tertiary/aromatic N) is 1. The molecule has 0 saturated heterocycles. The van der Waals surface area contributed by atoms with Gasteiger partial charge in [-0.15, -0.1) is 0 Å². The van der Waals surface area contributed by atoms with Gasteiger partial charge in [-0.05, 0) is 18.6 Å². The Morgan fingerprint density at radius 1 is 1.27 bits per heavy atom. The fraction of sp³-hybridized carbons (Fsp3) is 0.111. The quantitative estimate of drug-likeness (QED) is 0.556. The summed E-state index contributed by atoms with van der Waals surface area (Å²) < 4.78 is 39.1. The second-order valence-corrected chi connectivity index (χ2v) is 3.46. The molecule has 15 heavy (non-hydrogen) atoms. The molecule has 0 atom stereocenters. The average Bonchev–Trinajstić information content (AvgIpc) is 2.19. The van der Waals surface area contributed by atoms with Crippen molar-refractivity contribution in [1.29, 1.82) is 0 Å². The van der Waals surface area contributed by atoms with Crippen LogP contribution in [0, 0.1) is 29.1 Å². The van der Waals surface area contributed by atoms with Crippen molar-refractivity contribution in [2.45, 2.75) is 6.92 Å². The van der Waals surface area contributed by atoms with Crippen LogP contribution in [0.4, 0.5) is 13.2 Å². The van der Waals surface area contributed by atoms with Crippen LogP contribution in [0.25, 0.3) is 11.4 Å². The van der Waals surface area contributed by atoms with Gasteiger partial charge in [0, 0.05) is 0 Å². The van der Waals surface area contributed by atoms with E-state index in [1.807, 2.05) is 4.98 Å². The molecule has 6 heteroatoms. The Morgan fingerprint density at radius 3 is 2.60 bits per heavy atom. The lowest BCUT2D eigenvalue weighted by atomic mass is 10.1. The maximum Gasteiger partial charge on any atom is 0.231 e. The van der Waals surface area contributed by atoms with Crippen LogP contribution in [0.5, 0.6) is 0 Å². The fourth-order valence-corrected chi connectivity index (χ4v) is 1.38. The predicted molar refractivity (Wildman–Crippen MR) is 50.7 cm³/mol. The topological polar surface area (TPSA) is 28.7 Å². The van der Waals surface area contributed by atoms with Gasteiger partial charge in [0.2, 0.25) is 11.8 Å². The maximum absolute atomic E-state index is 13.3. The van der Waals surface area contributed by atoms with Gasteiger partial charge in [-0.2, -0.15) is 8.78 Å². The number of aromatic nitrogens is 2. The third-order valence-electron chi connectivity index (χ3n) is 2.02. The molecule has 0 radical (unpaired) electrons. The van der Waals surface area contributed by atoms with Crippen molar-refractivity contribution < 1.29 is 13.2 Å². The smallest absolute Gasteiger partial charge is 0.231 e. The van der Waals surface area contributed by atoms with E-state index in [2.05, 4.69) is 4.98 Å². The predicted octanol–water partition coefficient (Wildman–Crippen LogP) is 2.97. The number of pyridine rings is 2. The molecule has 2 aliphatic heterocycles. The van der Waals surface area contributed by atoms with E-state index in [1.165, 1.54) is 6.07 Å². The van der Waals surface area contributed by atoms with Crippen molar-refractivity contribution in [2.24, 2.45) is 0 Å². The van der Waals surface area contributed by atoms with Crippen molar-refractivity contribution >= 4 is 12.2 Å². The summed E-state index contributed by atoms with van der Waals surface area (Å²) >= 11 is 4.83. The molecule has 0 fully saturated rings. The Morgan fingerprint density at radius 2 is 1.93 bits per heavy atom. The largest absolute Gasteiger partial charge is 0.313 e. The van der Waals surface area contributed by atoms with Crippen molar-refractivity contribution in [3.63, 3.8) is 0 Å². The summed E-state index contributed by atoms with van der Waals surface area (Å²) in [4.78, 5) is 5.76. The number of aryl methyl sites for hydroxylation is 1. The highest BCUT2D eigenvalue weighted by Gasteiger charge is 2.19. The zero-order valence-corrected chi connectivity index (χ0v) is 8.38. The molecule has 0 spiro atoms. The van der Waals surface area contributed by atoms with E-state index in [4.69, 9.17) is 12.2 Å². The number of halogens is 3. The highest BCUT2D eigenvalue weighted by molar-refractivity contribution is 7.71. The minimum atomic E-state index is -1.54. The van der Waals surface area contributed by atoms with Crippen LogP contribution in [0.2, 0.25) is 0 Å². The number of fused-ring (bicyclic) bond motifs is 1. The standard InChI is InChI=1S/C9H5F3N2S/c1-3-2-4-5(10)6(11)7(12)13-8(4)14-9(3)15/h2H,1H3,(H,13,14,15). The molecule has 2 aliphatic rings. The highest BCUT2D eigenvalue weighted by atomic mass is 32.1. The van der Waals surface area contributed by atoms with Crippen LogP contribution in [0.15, 0.2) is 6.07 Å². The summed E-state index contributed by atoms with van der Waals surface area (Å²) in [5.74, 6) is -4.28. The molecule has 1 N–H and O–H groups in total. The minimum Gasteiger partial charge on any atom is -0.313 e. The molecule has 78 valence electrons. The molecular weight excluding hydrogens is 225 g/mol. The SMILES string of the molecule is Cc1cc2c(F)c(F)c(F)[nH]c-2nc1=S. The van der Waals surface area contributed by atoms with Crippen molar-refractivity contribution in [3.8, 4) is 11.4 Å². The normalized spacial score (nSPS) is 10.9. The van der Waals surface area contributed by atoms with Crippen LogP contribution in [-0.2, 0) is 0 Å². The van der Waals surface area contributed by atoms with Crippen LogP contribution in [-0.4, -0.2) is 9.97 Å². The van der Waals surface area contributed by atoms with Crippen molar-refractivity contribution in [2.75, 3.05) is 0 Å². The van der Waals surface area contributed by atoms with Gasteiger partial charge in [0.15, 0.2) is 5.82 Å². The second kappa shape index (κ2) is 3.30. The van der Waals surface area contributed by atoms with Gasteiger partial charge in [-0.1, -0.05) is 12.2 Å². The van der Waals surface area contributed by atoms with Crippen LogP contribution in [0.1, 0.15) is 5.56 Å². The molecule has 2 nitrogen and oxygen atoms in total. The monoisotopic (exact) mass is 230 g/mol. The maximum atomic E-state index is 13.3. The van der Waals surface area contributed by atoms with Gasteiger partial charge in [-0.25, -0.2) is 9.37 Å². The molecule has 0 aromatic heterocycles. The van der Waals surface area contributed by atoms with E-state index in [1.54, 1.807) is 6.92 Å². The van der Waals surface area contributed by atoms with Crippen molar-refractivity contribution in [3.05, 3.63) is 33.9 Å². The van der Waals surface area contributed by atoms with Gasteiger partial charge in [0.1, 0.15) is 10.5 Å². The van der Waals surface area contributed by atoms with Crippen LogP contribution < -0.4 is 0 Å². The van der Waals surface area contributed by atoms with Gasteiger partial charge >= 0.3 is 0 Å². The zero-order valence-electron chi connectivity index (χ0n) is 7.57. The zero-order chi connectivity index (χ0) is 11.2. The van der Waals surface area contributed by atoms with Gasteiger partial charge in [0.25, 0.3) is 0 Å². The molecule has 0 aliphatic carbocycles. The Balaban J connectivity index is 2.94. The molecule has 0 saturated carbocycles. The number of aromatic amines is 1. The fourth-order valence-electron chi connectivity index (χ4n) is 1.23. The summed E-state index contributed by atoms with van der Waals surface area (Å²) in [5, 5.41) is 0. The van der Waals surface area contributed by atoms with E-state index >= 15 is 0 Å². The molecule has 0 aromatic carbocycles. The first-order valence-electron chi connectivity index (χ1n) is 4.05. The Labute approximate surface area is 88.1 Å². The Bertz CT molecular complexity index is 564. The lowest BCUT2D eigenvalue weighted by molar-refractivity contribution is 0.427. The Kier molecular flexibility index (Phi) is 2.22. The lowest BCUT2D eigenvalue weighted by Gasteiger charge is -2.08. The number of rotatable bonds is 0. The lowest BCUT2D eigenvalue weighted by Crippen LogP contribution is -2.04. The van der Waals surface area contributed by atoms with Crippen molar-refractivity contribution in [1.82, 2.24) is 9.97 Å². The summed E-state index contributed by atoms with van der Waals surface area (Å²) in [6, 6.07) is 1.33. The van der Waals surface area contributed by atoms with Gasteiger partial charge in [0.05, 0.1) is 5.56 Å². The first kappa shape index (κ1) is 10.1. The molecular formula is C9H5F3N2S. The molecule has 2 rings (SSSR count). The summed E-state index contributed by atoms with van der Waals surface area (Å²) in [7, 11) is 0. The number of nitrogens with one attached hydrogen (secondary N) is 1. The third kappa shape index (κ3) is 1.50. The van der Waals surface area contributed by atoms with Gasteiger partial charge < -0.3 is 4.98 Å². The van der Waals surface area contributed by atoms with E-state index < -0.39 is 17.6 Å². The third-order valence-corrected chi connectivity index (χ3v) is 2.43. The molecule has 0 bridgehead atoms. The van der Waals surface area contributed by atoms with Crippen LogP contribution >= 0.6 is 12.2 Å². The first-order valence-corrected chi connectivity index (χ1v) is 4.45. The van der Waals surface area contributed by atoms with Crippen LogP contribution in [0.3, 0.4) is 0 Å². The summed E-state index contributed by atoms with van der Waals surface area (Å²) in [5.41, 5.74) is 0.427. The second-order valence-electron chi connectivity index (χ2n) is 3.07. The minimum absolute atomic E-state index is 0.0954. The van der Waals surface area contributed by atoms with Gasteiger partial charge in [-0.3, -0.25) is 0 Å². The first-order chi connectivity index (χ1) is 7.00. The van der Waals surface area contributed by atoms with E-state index in [0.29, 0.717) is 5.56 Å². The molecule has 0 aromatic rings.